The topological polar surface area (TPSA) is 83.9 Å². The minimum absolute atomic E-state index is 0.00736. The molecule has 0 aliphatic rings. The van der Waals surface area contributed by atoms with Gasteiger partial charge >= 0.3 is 5.97 Å². The van der Waals surface area contributed by atoms with Crippen molar-refractivity contribution in [1.29, 1.82) is 0 Å². The second-order valence-corrected chi connectivity index (χ2v) is 6.32. The Balaban J connectivity index is 3.16. The number of carboxylic acids is 1. The molecule has 0 fully saturated rings. The van der Waals surface area contributed by atoms with Crippen LogP contribution in [0.15, 0.2) is 27.6 Å². The lowest BCUT2D eigenvalue weighted by Crippen LogP contribution is -2.32. The molecule has 0 atom stereocenters. The van der Waals surface area contributed by atoms with Gasteiger partial charge in [-0.2, -0.15) is 4.31 Å². The molecule has 100 valence electrons. The van der Waals surface area contributed by atoms with Crippen LogP contribution in [0, 0.1) is 0 Å². The van der Waals surface area contributed by atoms with Gasteiger partial charge in [0.05, 0.1) is 12.0 Å². The number of benzene rings is 1. The minimum atomic E-state index is -3.84. The SMILES string of the molecule is COc1ccc(S(=O)(=O)N(C)CC(=O)O)c(Br)c1. The number of hydrogen-bond acceptors (Lipinski definition) is 4. The van der Waals surface area contributed by atoms with Crippen molar-refractivity contribution in [1.82, 2.24) is 4.31 Å². The Labute approximate surface area is 113 Å². The molecule has 0 spiro atoms. The Hall–Kier alpha value is -1.12. The van der Waals surface area contributed by atoms with Crippen LogP contribution >= 0.6 is 15.9 Å². The van der Waals surface area contributed by atoms with Crippen LogP contribution in [0.2, 0.25) is 0 Å². The fourth-order valence-electron chi connectivity index (χ4n) is 1.26. The van der Waals surface area contributed by atoms with E-state index in [4.69, 9.17) is 9.84 Å². The van der Waals surface area contributed by atoms with Crippen LogP contribution in [0.4, 0.5) is 0 Å². The van der Waals surface area contributed by atoms with Gasteiger partial charge in [-0.15, -0.1) is 0 Å². The number of hydrogen-bond donors (Lipinski definition) is 1. The zero-order chi connectivity index (χ0) is 13.9. The smallest absolute Gasteiger partial charge is 0.318 e. The van der Waals surface area contributed by atoms with Crippen molar-refractivity contribution < 1.29 is 23.1 Å². The Morgan fingerprint density at radius 2 is 2.11 bits per heavy atom. The predicted molar refractivity (Wildman–Crippen MR) is 68.1 cm³/mol. The van der Waals surface area contributed by atoms with Gasteiger partial charge in [0.15, 0.2) is 0 Å². The molecule has 1 aromatic rings. The third-order valence-corrected chi connectivity index (χ3v) is 4.97. The van der Waals surface area contributed by atoms with Gasteiger partial charge in [0, 0.05) is 11.5 Å². The van der Waals surface area contributed by atoms with E-state index >= 15 is 0 Å². The van der Waals surface area contributed by atoms with E-state index in [9.17, 15) is 13.2 Å². The Morgan fingerprint density at radius 1 is 1.50 bits per heavy atom. The van der Waals surface area contributed by atoms with Crippen LogP contribution in [0.3, 0.4) is 0 Å². The molecule has 0 bridgehead atoms. The molecule has 0 aliphatic heterocycles. The molecule has 1 N–H and O–H groups in total. The molecule has 0 amide bonds. The van der Waals surface area contributed by atoms with E-state index < -0.39 is 22.5 Å². The van der Waals surface area contributed by atoms with Crippen LogP contribution in [0.25, 0.3) is 0 Å². The fourth-order valence-corrected chi connectivity index (χ4v) is 3.39. The lowest BCUT2D eigenvalue weighted by atomic mass is 10.3. The van der Waals surface area contributed by atoms with Gasteiger partial charge in [-0.3, -0.25) is 4.79 Å². The van der Waals surface area contributed by atoms with Crippen molar-refractivity contribution in [3.05, 3.63) is 22.7 Å². The summed E-state index contributed by atoms with van der Waals surface area (Å²) in [5.74, 6) is -0.715. The zero-order valence-electron chi connectivity index (χ0n) is 9.75. The van der Waals surface area contributed by atoms with Crippen molar-refractivity contribution in [2.75, 3.05) is 20.7 Å². The molecule has 0 saturated carbocycles. The van der Waals surface area contributed by atoms with Crippen molar-refractivity contribution in [3.8, 4) is 5.75 Å². The maximum Gasteiger partial charge on any atom is 0.318 e. The maximum atomic E-state index is 12.1. The third-order valence-electron chi connectivity index (χ3n) is 2.19. The van der Waals surface area contributed by atoms with Crippen molar-refractivity contribution in [3.63, 3.8) is 0 Å². The number of rotatable bonds is 5. The van der Waals surface area contributed by atoms with E-state index in [1.165, 1.54) is 32.4 Å². The highest BCUT2D eigenvalue weighted by Gasteiger charge is 2.25. The van der Waals surface area contributed by atoms with E-state index in [1.807, 2.05) is 0 Å². The number of sulfonamides is 1. The summed E-state index contributed by atoms with van der Waals surface area (Å²) in [5, 5.41) is 8.61. The maximum absolute atomic E-state index is 12.1. The lowest BCUT2D eigenvalue weighted by molar-refractivity contribution is -0.137. The fraction of sp³-hybridized carbons (Fsp3) is 0.300. The second kappa shape index (κ2) is 5.68. The lowest BCUT2D eigenvalue weighted by Gasteiger charge is -2.16. The largest absolute Gasteiger partial charge is 0.497 e. The number of carbonyl (C=O) groups is 1. The average Bonchev–Trinajstić information content (AvgIpc) is 2.27. The zero-order valence-corrected chi connectivity index (χ0v) is 12.2. The Morgan fingerprint density at radius 3 is 2.56 bits per heavy atom. The summed E-state index contributed by atoms with van der Waals surface area (Å²) in [7, 11) is -1.17. The normalized spacial score (nSPS) is 11.6. The highest BCUT2D eigenvalue weighted by molar-refractivity contribution is 9.10. The summed E-state index contributed by atoms with van der Waals surface area (Å²) < 4.78 is 30.2. The van der Waals surface area contributed by atoms with Gasteiger partial charge in [-0.05, 0) is 34.1 Å². The molecular formula is C10H12BrNO5S. The molecule has 0 aromatic heterocycles. The van der Waals surface area contributed by atoms with Gasteiger partial charge < -0.3 is 9.84 Å². The number of halogens is 1. The monoisotopic (exact) mass is 337 g/mol. The number of carboxylic acid groups (broad SMARTS) is 1. The summed E-state index contributed by atoms with van der Waals surface area (Å²) in [6.07, 6.45) is 0. The number of ether oxygens (including phenoxy) is 1. The summed E-state index contributed by atoms with van der Waals surface area (Å²) >= 11 is 3.13. The first-order chi connectivity index (χ1) is 8.28. The van der Waals surface area contributed by atoms with E-state index in [-0.39, 0.29) is 4.90 Å². The minimum Gasteiger partial charge on any atom is -0.497 e. The van der Waals surface area contributed by atoms with Crippen LogP contribution in [-0.2, 0) is 14.8 Å². The van der Waals surface area contributed by atoms with Crippen molar-refractivity contribution in [2.45, 2.75) is 4.90 Å². The highest BCUT2D eigenvalue weighted by atomic mass is 79.9. The molecular weight excluding hydrogens is 326 g/mol. The van der Waals surface area contributed by atoms with Gasteiger partial charge in [0.25, 0.3) is 0 Å². The highest BCUT2D eigenvalue weighted by Crippen LogP contribution is 2.28. The van der Waals surface area contributed by atoms with Crippen LogP contribution < -0.4 is 4.74 Å². The van der Waals surface area contributed by atoms with Gasteiger partial charge in [-0.1, -0.05) is 0 Å². The molecule has 0 radical (unpaired) electrons. The van der Waals surface area contributed by atoms with Crippen molar-refractivity contribution >= 4 is 31.9 Å². The standard InChI is InChI=1S/C10H12BrNO5S/c1-12(6-10(13)14)18(15,16)9-4-3-7(17-2)5-8(9)11/h3-5H,6H2,1-2H3,(H,13,14). The Bertz CT molecular complexity index is 557. The van der Waals surface area contributed by atoms with E-state index in [0.717, 1.165) is 4.31 Å². The molecule has 6 nitrogen and oxygen atoms in total. The third kappa shape index (κ3) is 3.21. The van der Waals surface area contributed by atoms with Crippen LogP contribution in [0.1, 0.15) is 0 Å². The average molecular weight is 338 g/mol. The molecule has 0 heterocycles. The molecule has 18 heavy (non-hydrogen) atoms. The number of aliphatic carboxylic acids is 1. The summed E-state index contributed by atoms with van der Waals surface area (Å²) in [6.45, 7) is -0.596. The van der Waals surface area contributed by atoms with E-state index in [2.05, 4.69) is 15.9 Å². The van der Waals surface area contributed by atoms with E-state index in [1.54, 1.807) is 0 Å². The molecule has 1 rings (SSSR count). The molecule has 1 aromatic carbocycles. The predicted octanol–water partition coefficient (Wildman–Crippen LogP) is 1.16. The van der Waals surface area contributed by atoms with Crippen molar-refractivity contribution in [2.24, 2.45) is 0 Å². The summed E-state index contributed by atoms with van der Waals surface area (Å²) in [4.78, 5) is 10.5. The first-order valence-electron chi connectivity index (χ1n) is 4.80. The summed E-state index contributed by atoms with van der Waals surface area (Å²) in [5.41, 5.74) is 0. The van der Waals surface area contributed by atoms with E-state index in [0.29, 0.717) is 10.2 Å². The van der Waals surface area contributed by atoms with Gasteiger partial charge in [0.2, 0.25) is 10.0 Å². The molecule has 0 unspecified atom stereocenters. The second-order valence-electron chi connectivity index (χ2n) is 3.45. The first kappa shape index (κ1) is 14.9. The van der Waals surface area contributed by atoms with Crippen LogP contribution in [-0.4, -0.2) is 44.5 Å². The summed E-state index contributed by atoms with van der Waals surface area (Å²) in [6, 6.07) is 4.35. The van der Waals surface area contributed by atoms with Crippen LogP contribution in [0.5, 0.6) is 5.75 Å². The number of methoxy groups -OCH3 is 1. The first-order valence-corrected chi connectivity index (χ1v) is 7.04. The molecule has 0 aliphatic carbocycles. The molecule has 0 saturated heterocycles. The molecule has 8 heteroatoms. The quantitative estimate of drug-likeness (QED) is 0.871. The van der Waals surface area contributed by atoms with Gasteiger partial charge in [-0.25, -0.2) is 8.42 Å². The Kier molecular flexibility index (Phi) is 4.71. The number of nitrogens with zero attached hydrogens (tertiary/aromatic N) is 1. The number of likely N-dealkylation sites (N-methyl/N-ethyl adjacent to an activating group) is 1. The van der Waals surface area contributed by atoms with Gasteiger partial charge in [0.1, 0.15) is 12.3 Å².